The van der Waals surface area contributed by atoms with Crippen molar-refractivity contribution in [1.82, 2.24) is 4.98 Å². The summed E-state index contributed by atoms with van der Waals surface area (Å²) in [6, 6.07) is 40.6. The Balaban J connectivity index is 1.40. The van der Waals surface area contributed by atoms with Gasteiger partial charge in [0.25, 0.3) is 0 Å². The van der Waals surface area contributed by atoms with E-state index in [-0.39, 0.29) is 0 Å². The van der Waals surface area contributed by atoms with Gasteiger partial charge in [-0.3, -0.25) is 9.98 Å². The number of benzene rings is 4. The lowest BCUT2D eigenvalue weighted by atomic mass is 9.65. The summed E-state index contributed by atoms with van der Waals surface area (Å²) >= 11 is 0. The minimum absolute atomic E-state index is 0.412. The van der Waals surface area contributed by atoms with Crippen LogP contribution in [0.1, 0.15) is 60.1 Å². The SMILES string of the molecule is C=C/C=C(\C=C/C)C(/C=C)=C/C(=C\C)C(=NCc1cccc(-c2ccccc2)c1)N=C(N=C)c1ccc2c(c1)C(c1ccccc1)(c1ccncc1)C1=C2C=CCC1. The number of rotatable bonds is 12. The highest BCUT2D eigenvalue weighted by Gasteiger charge is 2.47. The molecule has 0 amide bonds. The Morgan fingerprint density at radius 2 is 1.53 bits per heavy atom. The third kappa shape index (κ3) is 7.83. The lowest BCUT2D eigenvalue weighted by molar-refractivity contribution is 0.695. The van der Waals surface area contributed by atoms with Gasteiger partial charge in [0.1, 0.15) is 0 Å². The third-order valence-electron chi connectivity index (χ3n) is 10.8. The van der Waals surface area contributed by atoms with Gasteiger partial charge in [-0.15, -0.1) is 0 Å². The molecule has 284 valence electrons. The summed E-state index contributed by atoms with van der Waals surface area (Å²) in [5.74, 6) is 1.03. The Morgan fingerprint density at radius 1 is 0.793 bits per heavy atom. The average molecular weight is 753 g/mol. The van der Waals surface area contributed by atoms with Crippen LogP contribution in [0, 0.1) is 0 Å². The smallest absolute Gasteiger partial charge is 0.161 e. The summed E-state index contributed by atoms with van der Waals surface area (Å²) in [6.07, 6.45) is 24.1. The van der Waals surface area contributed by atoms with E-state index >= 15 is 0 Å². The molecule has 4 heteroatoms. The first-order chi connectivity index (χ1) is 28.5. The van der Waals surface area contributed by atoms with Gasteiger partial charge >= 0.3 is 0 Å². The van der Waals surface area contributed by atoms with Crippen LogP contribution >= 0.6 is 0 Å². The number of hydrogen-bond donors (Lipinski definition) is 0. The minimum atomic E-state index is -0.515. The van der Waals surface area contributed by atoms with E-state index in [0.29, 0.717) is 18.2 Å². The van der Waals surface area contributed by atoms with Crippen LogP contribution < -0.4 is 0 Å². The van der Waals surface area contributed by atoms with E-state index in [1.165, 1.54) is 33.4 Å². The van der Waals surface area contributed by atoms with Crippen LogP contribution in [-0.4, -0.2) is 23.4 Å². The molecular weight excluding hydrogens is 705 g/mol. The molecule has 1 heterocycles. The molecule has 58 heavy (non-hydrogen) atoms. The van der Waals surface area contributed by atoms with Crippen molar-refractivity contribution in [2.24, 2.45) is 15.0 Å². The molecule has 0 fully saturated rings. The Morgan fingerprint density at radius 3 is 2.24 bits per heavy atom. The first-order valence-electron chi connectivity index (χ1n) is 19.8. The maximum Gasteiger partial charge on any atom is 0.161 e. The predicted molar refractivity (Wildman–Crippen MR) is 247 cm³/mol. The van der Waals surface area contributed by atoms with Crippen LogP contribution in [-0.2, 0) is 12.0 Å². The number of allylic oxidation sites excluding steroid dienone is 12. The third-order valence-corrected chi connectivity index (χ3v) is 10.8. The molecule has 2 aliphatic carbocycles. The monoisotopic (exact) mass is 752 g/mol. The second kappa shape index (κ2) is 18.3. The van der Waals surface area contributed by atoms with Gasteiger partial charge in [-0.2, -0.15) is 0 Å². The number of nitrogens with zero attached hydrogens (tertiary/aromatic N) is 4. The van der Waals surface area contributed by atoms with Gasteiger partial charge in [-0.1, -0.05) is 153 Å². The van der Waals surface area contributed by atoms with E-state index < -0.39 is 5.41 Å². The highest BCUT2D eigenvalue weighted by molar-refractivity contribution is 6.14. The number of hydrogen-bond acceptors (Lipinski definition) is 2. The van der Waals surface area contributed by atoms with Gasteiger partial charge in [0.15, 0.2) is 11.7 Å². The van der Waals surface area contributed by atoms with Crippen LogP contribution in [0.25, 0.3) is 16.7 Å². The van der Waals surface area contributed by atoms with Gasteiger partial charge in [0, 0.05) is 23.5 Å². The molecule has 0 saturated carbocycles. The molecule has 0 radical (unpaired) electrons. The molecule has 7 rings (SSSR count). The molecule has 1 unspecified atom stereocenters. The largest absolute Gasteiger partial charge is 0.265 e. The van der Waals surface area contributed by atoms with Crippen LogP contribution in [0.15, 0.2) is 233 Å². The zero-order chi connectivity index (χ0) is 40.3. The standard InChI is InChI=1S/C54H48N4/c1-6-19-42(20-7-2)40(8-3)36-41(9-4)53(57-38-39-21-18-24-44(35-39)43-22-12-10-13-23-43)58-52(55-5)45-29-30-49-48-27-16-17-28-50(48)54(51(49)37-45,46-25-14-11-15-26-46)47-31-33-56-34-32-47/h6-16,18-27,29-37H,1,3,5,17,28,38H2,2,4H3/b20-7-,40-36+,41-9+,42-19+,57-53?,58-52?. The molecule has 1 atom stereocenters. The molecular formula is C54H48N4. The topological polar surface area (TPSA) is 50.0 Å². The fourth-order valence-electron chi connectivity index (χ4n) is 8.20. The Kier molecular flexibility index (Phi) is 12.4. The van der Waals surface area contributed by atoms with Crippen molar-refractivity contribution >= 4 is 24.0 Å². The van der Waals surface area contributed by atoms with Crippen molar-refractivity contribution in [3.8, 4) is 11.1 Å². The van der Waals surface area contributed by atoms with Gasteiger partial charge in [0.05, 0.1) is 12.0 Å². The molecule has 0 bridgehead atoms. The van der Waals surface area contributed by atoms with E-state index in [0.717, 1.165) is 51.8 Å². The zero-order valence-electron chi connectivity index (χ0n) is 33.4. The Bertz CT molecular complexity index is 2540. The highest BCUT2D eigenvalue weighted by atomic mass is 15.0. The summed E-state index contributed by atoms with van der Waals surface area (Å²) in [6.45, 7) is 16.6. The van der Waals surface area contributed by atoms with Gasteiger partial charge in [-0.05, 0) is 125 Å². The second-order valence-corrected chi connectivity index (χ2v) is 14.2. The molecule has 0 N–H and O–H groups in total. The van der Waals surface area contributed by atoms with Crippen molar-refractivity contribution in [3.63, 3.8) is 0 Å². The first-order valence-corrected chi connectivity index (χ1v) is 19.8. The van der Waals surface area contributed by atoms with E-state index in [4.69, 9.17) is 9.98 Å². The first kappa shape index (κ1) is 39.2. The molecule has 0 spiro atoms. The molecule has 5 aromatic rings. The van der Waals surface area contributed by atoms with Crippen molar-refractivity contribution in [2.45, 2.75) is 38.6 Å². The molecule has 0 saturated heterocycles. The number of fused-ring (bicyclic) bond motifs is 2. The molecule has 2 aliphatic rings. The van der Waals surface area contributed by atoms with Gasteiger partial charge in [-0.25, -0.2) is 9.98 Å². The number of amidine groups is 2. The Labute approximate surface area is 343 Å². The number of aromatic nitrogens is 1. The van der Waals surface area contributed by atoms with Gasteiger partial charge in [0.2, 0.25) is 0 Å². The summed E-state index contributed by atoms with van der Waals surface area (Å²) in [5.41, 5.74) is 13.9. The quantitative estimate of drug-likeness (QED) is 0.0711. The molecule has 0 aliphatic heterocycles. The summed E-state index contributed by atoms with van der Waals surface area (Å²) < 4.78 is 0. The maximum absolute atomic E-state index is 5.27. The summed E-state index contributed by atoms with van der Waals surface area (Å²) in [4.78, 5) is 19.5. The molecule has 4 nitrogen and oxygen atoms in total. The van der Waals surface area contributed by atoms with Crippen LogP contribution in [0.3, 0.4) is 0 Å². The van der Waals surface area contributed by atoms with Crippen molar-refractivity contribution in [1.29, 1.82) is 0 Å². The molecule has 4 aromatic carbocycles. The summed E-state index contributed by atoms with van der Waals surface area (Å²) in [7, 11) is 0. The second-order valence-electron chi connectivity index (χ2n) is 14.2. The zero-order valence-corrected chi connectivity index (χ0v) is 33.4. The lowest BCUT2D eigenvalue weighted by Gasteiger charge is -2.36. The average Bonchev–Trinajstić information content (AvgIpc) is 3.58. The van der Waals surface area contributed by atoms with Crippen LogP contribution in [0.4, 0.5) is 0 Å². The minimum Gasteiger partial charge on any atom is -0.265 e. The van der Waals surface area contributed by atoms with E-state index in [1.54, 1.807) is 6.08 Å². The van der Waals surface area contributed by atoms with Crippen LogP contribution in [0.2, 0.25) is 0 Å². The normalized spacial score (nSPS) is 17.3. The van der Waals surface area contributed by atoms with E-state index in [9.17, 15) is 0 Å². The lowest BCUT2D eigenvalue weighted by Crippen LogP contribution is -2.30. The fourth-order valence-corrected chi connectivity index (χ4v) is 8.20. The maximum atomic E-state index is 5.27. The predicted octanol–water partition coefficient (Wildman–Crippen LogP) is 13.0. The van der Waals surface area contributed by atoms with E-state index in [2.05, 4.69) is 157 Å². The Hall–Kier alpha value is -7.04. The van der Waals surface area contributed by atoms with Gasteiger partial charge < -0.3 is 0 Å². The van der Waals surface area contributed by atoms with Crippen molar-refractivity contribution in [3.05, 3.63) is 251 Å². The highest BCUT2D eigenvalue weighted by Crippen LogP contribution is 2.57. The number of pyridine rings is 1. The van der Waals surface area contributed by atoms with Crippen LogP contribution in [0.5, 0.6) is 0 Å². The van der Waals surface area contributed by atoms with Crippen molar-refractivity contribution < 1.29 is 0 Å². The fraction of sp³-hybridized carbons (Fsp3) is 0.111. The van der Waals surface area contributed by atoms with Crippen molar-refractivity contribution in [2.75, 3.05) is 0 Å². The summed E-state index contributed by atoms with van der Waals surface area (Å²) in [5, 5.41) is 0. The van der Waals surface area contributed by atoms with E-state index in [1.807, 2.05) is 62.7 Å². The molecule has 1 aromatic heterocycles. The number of aliphatic imine (C=N–C) groups is 3.